The SMILES string of the molecule is CCCCCCCCCC/C=C\CCCCCCCCCCCCCCCCCC(=O)OC(COC(=O)CCCCCCCCCCCCCCCCCCCCCCCCCCCCCCCC)COC(OCC[N+](C)(C)C)C(=O)[O-]. The Morgan fingerprint density at radius 2 is 0.622 bits per heavy atom. The summed E-state index contributed by atoms with van der Waals surface area (Å²) in [5.41, 5.74) is 0. The lowest BCUT2D eigenvalue weighted by Crippen LogP contribution is -2.44. The first-order valence-corrected chi connectivity index (χ1v) is 36.3. The van der Waals surface area contributed by atoms with Gasteiger partial charge in [-0.15, -0.1) is 0 Å². The first-order valence-electron chi connectivity index (χ1n) is 36.3. The number of carbonyl (C=O) groups is 3. The molecule has 0 aliphatic carbocycles. The number of likely N-dealkylation sites (N-methyl/N-ethyl adjacent to an activating group) is 1. The van der Waals surface area contributed by atoms with E-state index in [9.17, 15) is 19.5 Å². The molecule has 0 saturated heterocycles. The summed E-state index contributed by atoms with van der Waals surface area (Å²) in [7, 11) is 5.95. The van der Waals surface area contributed by atoms with E-state index in [1.54, 1.807) is 0 Å². The first-order chi connectivity index (χ1) is 40.1. The van der Waals surface area contributed by atoms with Crippen molar-refractivity contribution in [3.8, 4) is 0 Å². The van der Waals surface area contributed by atoms with Crippen LogP contribution in [0, 0.1) is 0 Å². The third kappa shape index (κ3) is 65.6. The van der Waals surface area contributed by atoms with Crippen LogP contribution in [0.15, 0.2) is 12.2 Å². The Morgan fingerprint density at radius 3 is 0.902 bits per heavy atom. The van der Waals surface area contributed by atoms with Crippen LogP contribution in [0.5, 0.6) is 0 Å². The van der Waals surface area contributed by atoms with Crippen molar-refractivity contribution in [3.63, 3.8) is 0 Å². The van der Waals surface area contributed by atoms with Crippen LogP contribution < -0.4 is 5.11 Å². The molecule has 0 aromatic rings. The summed E-state index contributed by atoms with van der Waals surface area (Å²) in [4.78, 5) is 37.5. The van der Waals surface area contributed by atoms with Crippen LogP contribution in [-0.4, -0.2) is 82.3 Å². The molecule has 82 heavy (non-hydrogen) atoms. The fraction of sp³-hybridized carbons (Fsp3) is 0.932. The van der Waals surface area contributed by atoms with E-state index < -0.39 is 24.3 Å². The molecule has 0 rings (SSSR count). The number of esters is 2. The minimum atomic E-state index is -1.62. The molecule has 9 heteroatoms. The smallest absolute Gasteiger partial charge is 0.306 e. The van der Waals surface area contributed by atoms with Gasteiger partial charge in [-0.1, -0.05) is 341 Å². The van der Waals surface area contributed by atoms with E-state index >= 15 is 0 Å². The number of aliphatic carboxylic acids is 1. The highest BCUT2D eigenvalue weighted by atomic mass is 16.7. The van der Waals surface area contributed by atoms with Crippen molar-refractivity contribution >= 4 is 17.9 Å². The zero-order valence-corrected chi connectivity index (χ0v) is 55.7. The number of nitrogens with zero attached hydrogens (tertiary/aromatic N) is 1. The summed E-state index contributed by atoms with van der Waals surface area (Å²) in [5, 5.41) is 11.8. The Kier molecular flexibility index (Phi) is 63.5. The molecular formula is C73H141NO8. The molecule has 486 valence electrons. The van der Waals surface area contributed by atoms with Crippen LogP contribution in [0.1, 0.15) is 380 Å². The second-order valence-electron chi connectivity index (χ2n) is 26.2. The Labute approximate surface area is 510 Å². The lowest BCUT2D eigenvalue weighted by molar-refractivity contribution is -0.870. The third-order valence-electron chi connectivity index (χ3n) is 16.8. The minimum Gasteiger partial charge on any atom is -0.545 e. The molecule has 9 nitrogen and oxygen atoms in total. The van der Waals surface area contributed by atoms with Gasteiger partial charge in [0, 0.05) is 12.8 Å². The Morgan fingerprint density at radius 1 is 0.354 bits per heavy atom. The van der Waals surface area contributed by atoms with Crippen molar-refractivity contribution in [2.75, 3.05) is 47.5 Å². The average Bonchev–Trinajstić information content (AvgIpc) is 3.45. The summed E-state index contributed by atoms with van der Waals surface area (Å²) in [6, 6.07) is 0. The second-order valence-corrected chi connectivity index (χ2v) is 26.2. The molecule has 0 radical (unpaired) electrons. The van der Waals surface area contributed by atoms with E-state index in [2.05, 4.69) is 26.0 Å². The van der Waals surface area contributed by atoms with Crippen molar-refractivity contribution in [1.29, 1.82) is 0 Å². The number of carboxylic acids is 1. The summed E-state index contributed by atoms with van der Waals surface area (Å²) >= 11 is 0. The van der Waals surface area contributed by atoms with Gasteiger partial charge in [-0.3, -0.25) is 9.59 Å². The van der Waals surface area contributed by atoms with Gasteiger partial charge < -0.3 is 33.3 Å². The Balaban J connectivity index is 4.03. The van der Waals surface area contributed by atoms with Gasteiger partial charge in [0.2, 0.25) is 0 Å². The third-order valence-corrected chi connectivity index (χ3v) is 16.8. The molecule has 2 unspecified atom stereocenters. The number of rotatable bonds is 69. The lowest BCUT2D eigenvalue weighted by atomic mass is 10.0. The maximum absolute atomic E-state index is 12.9. The highest BCUT2D eigenvalue weighted by Gasteiger charge is 2.22. The quantitative estimate of drug-likeness (QED) is 0.0195. The van der Waals surface area contributed by atoms with Crippen LogP contribution >= 0.6 is 0 Å². The molecule has 0 fully saturated rings. The van der Waals surface area contributed by atoms with E-state index in [1.165, 1.54) is 315 Å². The predicted octanol–water partition coefficient (Wildman–Crippen LogP) is 21.1. The fourth-order valence-electron chi connectivity index (χ4n) is 11.2. The number of carbonyl (C=O) groups excluding carboxylic acids is 3. The topological polar surface area (TPSA) is 111 Å². The molecule has 0 aromatic carbocycles. The lowest BCUT2D eigenvalue weighted by Gasteiger charge is -2.26. The number of quaternary nitrogens is 1. The summed E-state index contributed by atoms with van der Waals surface area (Å²) in [6.07, 6.45) is 76.0. The largest absolute Gasteiger partial charge is 0.545 e. The van der Waals surface area contributed by atoms with Crippen molar-refractivity contribution < 1.29 is 42.9 Å². The van der Waals surface area contributed by atoms with E-state index in [1.807, 2.05) is 21.1 Å². The average molecular weight is 1160 g/mol. The second kappa shape index (κ2) is 65.0. The van der Waals surface area contributed by atoms with Crippen LogP contribution in [0.25, 0.3) is 0 Å². The Bertz CT molecular complexity index is 1350. The zero-order chi connectivity index (χ0) is 59.8. The molecule has 0 saturated carbocycles. The van der Waals surface area contributed by atoms with Gasteiger partial charge in [-0.25, -0.2) is 0 Å². The number of hydrogen-bond acceptors (Lipinski definition) is 8. The van der Waals surface area contributed by atoms with Gasteiger partial charge in [0.1, 0.15) is 13.2 Å². The number of unbranched alkanes of at least 4 members (excludes halogenated alkanes) is 52. The minimum absolute atomic E-state index is 0.152. The van der Waals surface area contributed by atoms with Crippen LogP contribution in [0.3, 0.4) is 0 Å². The van der Waals surface area contributed by atoms with E-state index in [0.29, 0.717) is 17.4 Å². The molecule has 0 aliphatic heterocycles. The van der Waals surface area contributed by atoms with E-state index in [0.717, 1.165) is 38.5 Å². The summed E-state index contributed by atoms with van der Waals surface area (Å²) < 4.78 is 22.8. The van der Waals surface area contributed by atoms with Crippen LogP contribution in [-0.2, 0) is 33.3 Å². The standard InChI is InChI=1S/C73H141NO8/c1-6-8-10-12-14-16-18-20-22-24-26-28-30-32-34-35-36-38-39-41-43-45-47-49-51-53-55-57-59-61-63-70(75)80-67-69(68-81-73(72(77)78)79-66-65-74(3,4)5)82-71(76)64-62-60-58-56-54-52-50-48-46-44-42-40-37-33-31-29-27-25-23-21-19-17-15-13-11-9-7-2/h25,27,69,73H,6-24,26,28-68H2,1-5H3/b27-25-. The van der Waals surface area contributed by atoms with Crippen LogP contribution in [0.2, 0.25) is 0 Å². The number of carboxylic acid groups (broad SMARTS) is 1. The van der Waals surface area contributed by atoms with E-state index in [-0.39, 0.29) is 32.2 Å². The van der Waals surface area contributed by atoms with Crippen molar-refractivity contribution in [2.45, 2.75) is 392 Å². The highest BCUT2D eigenvalue weighted by Crippen LogP contribution is 2.19. The molecule has 0 spiro atoms. The molecule has 0 heterocycles. The Hall–Kier alpha value is -1.97. The number of hydrogen-bond donors (Lipinski definition) is 0. The van der Waals surface area contributed by atoms with Gasteiger partial charge in [-0.2, -0.15) is 0 Å². The number of allylic oxidation sites excluding steroid dienone is 2. The van der Waals surface area contributed by atoms with Gasteiger partial charge >= 0.3 is 11.9 Å². The van der Waals surface area contributed by atoms with Gasteiger partial charge in [0.25, 0.3) is 0 Å². The molecule has 0 aliphatic rings. The normalized spacial score (nSPS) is 12.6. The monoisotopic (exact) mass is 1160 g/mol. The number of ether oxygens (including phenoxy) is 4. The van der Waals surface area contributed by atoms with Gasteiger partial charge in [0.15, 0.2) is 12.4 Å². The van der Waals surface area contributed by atoms with Crippen molar-refractivity contribution in [2.24, 2.45) is 0 Å². The molecule has 0 N–H and O–H groups in total. The van der Waals surface area contributed by atoms with Crippen LogP contribution in [0.4, 0.5) is 0 Å². The fourth-order valence-corrected chi connectivity index (χ4v) is 11.2. The van der Waals surface area contributed by atoms with Gasteiger partial charge in [0.05, 0.1) is 40.3 Å². The molecule has 0 aromatic heterocycles. The maximum Gasteiger partial charge on any atom is 0.306 e. The summed E-state index contributed by atoms with van der Waals surface area (Å²) in [6.45, 7) is 4.83. The molecule has 2 atom stereocenters. The molecule has 0 amide bonds. The van der Waals surface area contributed by atoms with Gasteiger partial charge in [-0.05, 0) is 38.5 Å². The predicted molar refractivity (Wildman–Crippen MR) is 348 cm³/mol. The van der Waals surface area contributed by atoms with E-state index in [4.69, 9.17) is 18.9 Å². The van der Waals surface area contributed by atoms with Crippen molar-refractivity contribution in [3.05, 3.63) is 12.2 Å². The molecular weight excluding hydrogens is 1020 g/mol. The zero-order valence-electron chi connectivity index (χ0n) is 55.7. The first kappa shape index (κ1) is 80.0. The molecule has 0 bridgehead atoms. The summed E-state index contributed by atoms with van der Waals surface area (Å²) in [5.74, 6) is -2.25. The van der Waals surface area contributed by atoms with Crippen molar-refractivity contribution in [1.82, 2.24) is 0 Å². The highest BCUT2D eigenvalue weighted by molar-refractivity contribution is 5.70. The maximum atomic E-state index is 12.9.